The lowest BCUT2D eigenvalue weighted by atomic mass is 10.1. The van der Waals surface area contributed by atoms with Crippen LogP contribution in [-0.4, -0.2) is 21.8 Å². The van der Waals surface area contributed by atoms with Gasteiger partial charge in [-0.2, -0.15) is 0 Å². The minimum Gasteiger partial charge on any atom is -0.341 e. The molecule has 16 heavy (non-hydrogen) atoms. The van der Waals surface area contributed by atoms with Gasteiger partial charge in [0, 0.05) is 6.42 Å². The Morgan fingerprint density at radius 3 is 2.75 bits per heavy atom. The van der Waals surface area contributed by atoms with Crippen LogP contribution in [0.4, 0.5) is 0 Å². The monoisotopic (exact) mass is 215 g/mol. The zero-order chi connectivity index (χ0) is 11.1. The summed E-state index contributed by atoms with van der Waals surface area (Å²) in [5.74, 6) is -0.427. The van der Waals surface area contributed by atoms with Crippen molar-refractivity contribution in [1.29, 1.82) is 0 Å². The molecule has 1 fully saturated rings. The maximum absolute atomic E-state index is 11.5. The number of rotatable bonds is 1. The van der Waals surface area contributed by atoms with Gasteiger partial charge in [0.15, 0.2) is 0 Å². The molecule has 1 aliphatic rings. The third kappa shape index (κ3) is 1.29. The number of benzene rings is 1. The number of H-pyrrole nitrogens is 1. The zero-order valence-corrected chi connectivity index (χ0v) is 8.36. The molecule has 5 nitrogen and oxygen atoms in total. The van der Waals surface area contributed by atoms with Gasteiger partial charge in [0.25, 0.3) is 0 Å². The number of aromatic amines is 1. The van der Waals surface area contributed by atoms with E-state index in [0.717, 1.165) is 11.0 Å². The summed E-state index contributed by atoms with van der Waals surface area (Å²) < 4.78 is 0. The van der Waals surface area contributed by atoms with Crippen LogP contribution in [0, 0.1) is 0 Å². The number of fused-ring (bicyclic) bond motifs is 1. The SMILES string of the molecule is O=C1CC(c2nc3ccccc3[nH]2)C(=O)N1. The largest absolute Gasteiger partial charge is 0.341 e. The second-order valence-corrected chi connectivity index (χ2v) is 3.81. The quantitative estimate of drug-likeness (QED) is 0.687. The third-order valence-electron chi connectivity index (χ3n) is 2.71. The minimum atomic E-state index is -0.472. The van der Waals surface area contributed by atoms with Crippen LogP contribution < -0.4 is 5.32 Å². The third-order valence-corrected chi connectivity index (χ3v) is 2.71. The van der Waals surface area contributed by atoms with E-state index in [9.17, 15) is 9.59 Å². The van der Waals surface area contributed by atoms with Crippen LogP contribution in [0.5, 0.6) is 0 Å². The highest BCUT2D eigenvalue weighted by Crippen LogP contribution is 2.23. The summed E-state index contributed by atoms with van der Waals surface area (Å²) in [5.41, 5.74) is 1.69. The van der Waals surface area contributed by atoms with Crippen LogP contribution in [0.3, 0.4) is 0 Å². The standard InChI is InChI=1S/C11H9N3O2/c15-9-5-6(11(16)14-9)10-12-7-3-1-2-4-8(7)13-10/h1-4,6H,5H2,(H,12,13)(H,14,15,16). The molecule has 5 heteroatoms. The second kappa shape index (κ2) is 3.16. The van der Waals surface area contributed by atoms with Crippen molar-refractivity contribution in [2.75, 3.05) is 0 Å². The number of carbonyl (C=O) groups excluding carboxylic acids is 2. The molecule has 1 unspecified atom stereocenters. The highest BCUT2D eigenvalue weighted by atomic mass is 16.2. The summed E-state index contributed by atoms with van der Waals surface area (Å²) in [6.45, 7) is 0. The Morgan fingerprint density at radius 1 is 1.25 bits per heavy atom. The molecule has 1 aromatic heterocycles. The smallest absolute Gasteiger partial charge is 0.237 e. The van der Waals surface area contributed by atoms with Crippen molar-refractivity contribution in [3.8, 4) is 0 Å². The van der Waals surface area contributed by atoms with Gasteiger partial charge in [-0.1, -0.05) is 12.1 Å². The molecule has 0 saturated carbocycles. The average molecular weight is 215 g/mol. The second-order valence-electron chi connectivity index (χ2n) is 3.81. The maximum Gasteiger partial charge on any atom is 0.237 e. The van der Waals surface area contributed by atoms with E-state index in [-0.39, 0.29) is 18.2 Å². The first-order valence-corrected chi connectivity index (χ1v) is 5.02. The summed E-state index contributed by atoms with van der Waals surface area (Å²) in [7, 11) is 0. The highest BCUT2D eigenvalue weighted by Gasteiger charge is 2.33. The van der Waals surface area contributed by atoms with E-state index in [0.29, 0.717) is 5.82 Å². The molecular formula is C11H9N3O2. The normalized spacial score (nSPS) is 20.4. The Morgan fingerprint density at radius 2 is 2.06 bits per heavy atom. The Hall–Kier alpha value is -2.17. The number of nitrogens with one attached hydrogen (secondary N) is 2. The lowest BCUT2D eigenvalue weighted by Crippen LogP contribution is -2.21. The van der Waals surface area contributed by atoms with Crippen molar-refractivity contribution < 1.29 is 9.59 Å². The van der Waals surface area contributed by atoms with Gasteiger partial charge in [0.1, 0.15) is 11.7 Å². The van der Waals surface area contributed by atoms with Gasteiger partial charge in [-0.05, 0) is 12.1 Å². The molecule has 80 valence electrons. The molecule has 1 aliphatic heterocycles. The summed E-state index contributed by atoms with van der Waals surface area (Å²) in [6, 6.07) is 7.53. The average Bonchev–Trinajstić information content (AvgIpc) is 2.81. The number of hydrogen-bond donors (Lipinski definition) is 2. The predicted octanol–water partition coefficient (Wildman–Crippen LogP) is 0.693. The Balaban J connectivity index is 2.06. The Labute approximate surface area is 90.9 Å². The number of imide groups is 1. The van der Waals surface area contributed by atoms with Gasteiger partial charge in [-0.3, -0.25) is 14.9 Å². The van der Waals surface area contributed by atoms with E-state index >= 15 is 0 Å². The van der Waals surface area contributed by atoms with Gasteiger partial charge in [0.05, 0.1) is 11.0 Å². The molecule has 2 amide bonds. The maximum atomic E-state index is 11.5. The number of hydrogen-bond acceptors (Lipinski definition) is 3. The van der Waals surface area contributed by atoms with Crippen LogP contribution in [0.2, 0.25) is 0 Å². The van der Waals surface area contributed by atoms with E-state index in [1.165, 1.54) is 0 Å². The van der Waals surface area contributed by atoms with Gasteiger partial charge in [-0.15, -0.1) is 0 Å². The fraction of sp³-hybridized carbons (Fsp3) is 0.182. The van der Waals surface area contributed by atoms with Crippen molar-refractivity contribution in [3.63, 3.8) is 0 Å². The molecule has 1 aromatic carbocycles. The van der Waals surface area contributed by atoms with Crippen molar-refractivity contribution in [2.45, 2.75) is 12.3 Å². The van der Waals surface area contributed by atoms with Gasteiger partial charge in [-0.25, -0.2) is 4.98 Å². The zero-order valence-electron chi connectivity index (χ0n) is 8.36. The minimum absolute atomic E-state index is 0.179. The molecule has 0 bridgehead atoms. The van der Waals surface area contributed by atoms with Crippen molar-refractivity contribution in [1.82, 2.24) is 15.3 Å². The predicted molar refractivity (Wildman–Crippen MR) is 56.6 cm³/mol. The first-order valence-electron chi connectivity index (χ1n) is 5.02. The van der Waals surface area contributed by atoms with Gasteiger partial charge in [0.2, 0.25) is 11.8 Å². The Kier molecular flexibility index (Phi) is 1.80. The fourth-order valence-corrected chi connectivity index (χ4v) is 1.91. The molecule has 3 rings (SSSR count). The van der Waals surface area contributed by atoms with Gasteiger partial charge >= 0.3 is 0 Å². The van der Waals surface area contributed by atoms with E-state index in [1.807, 2.05) is 24.3 Å². The summed E-state index contributed by atoms with van der Waals surface area (Å²) >= 11 is 0. The summed E-state index contributed by atoms with van der Waals surface area (Å²) in [5, 5.41) is 2.27. The van der Waals surface area contributed by atoms with E-state index in [2.05, 4.69) is 15.3 Å². The highest BCUT2D eigenvalue weighted by molar-refractivity contribution is 6.06. The van der Waals surface area contributed by atoms with Crippen LogP contribution in [0.1, 0.15) is 18.2 Å². The number of carbonyl (C=O) groups is 2. The van der Waals surface area contributed by atoms with Crippen LogP contribution in [0.15, 0.2) is 24.3 Å². The topological polar surface area (TPSA) is 74.8 Å². The molecule has 1 atom stereocenters. The van der Waals surface area contributed by atoms with Crippen LogP contribution in [0.25, 0.3) is 11.0 Å². The van der Waals surface area contributed by atoms with Crippen molar-refractivity contribution >= 4 is 22.8 Å². The fourth-order valence-electron chi connectivity index (χ4n) is 1.91. The van der Waals surface area contributed by atoms with E-state index < -0.39 is 5.92 Å². The Bertz CT molecular complexity index is 555. The van der Waals surface area contributed by atoms with Crippen molar-refractivity contribution in [3.05, 3.63) is 30.1 Å². The molecule has 2 aromatic rings. The van der Waals surface area contributed by atoms with Crippen LogP contribution >= 0.6 is 0 Å². The molecule has 0 aliphatic carbocycles. The molecule has 2 N–H and O–H groups in total. The van der Waals surface area contributed by atoms with Crippen molar-refractivity contribution in [2.24, 2.45) is 0 Å². The molecule has 1 saturated heterocycles. The first-order chi connectivity index (χ1) is 7.74. The number of para-hydroxylation sites is 2. The molecule has 0 spiro atoms. The van der Waals surface area contributed by atoms with E-state index in [1.54, 1.807) is 0 Å². The lowest BCUT2D eigenvalue weighted by molar-refractivity contribution is -0.125. The number of aromatic nitrogens is 2. The number of imidazole rings is 1. The van der Waals surface area contributed by atoms with E-state index in [4.69, 9.17) is 0 Å². The summed E-state index contributed by atoms with van der Waals surface area (Å²) in [6.07, 6.45) is 0.179. The van der Waals surface area contributed by atoms with Crippen LogP contribution in [-0.2, 0) is 9.59 Å². The molecular weight excluding hydrogens is 206 g/mol. The number of amides is 2. The summed E-state index contributed by atoms with van der Waals surface area (Å²) in [4.78, 5) is 29.9. The first kappa shape index (κ1) is 9.08. The molecule has 0 radical (unpaired) electrons. The number of nitrogens with zero attached hydrogens (tertiary/aromatic N) is 1. The lowest BCUT2D eigenvalue weighted by Gasteiger charge is -1.99. The molecule has 2 heterocycles. The van der Waals surface area contributed by atoms with Gasteiger partial charge < -0.3 is 4.98 Å².